The van der Waals surface area contributed by atoms with Crippen LogP contribution >= 0.6 is 11.8 Å². The molecule has 2 aromatic rings. The lowest BCUT2D eigenvalue weighted by molar-refractivity contribution is 0.0952. The zero-order valence-corrected chi connectivity index (χ0v) is 13.8. The lowest BCUT2D eigenvalue weighted by Crippen LogP contribution is -2.25. The van der Waals surface area contributed by atoms with E-state index in [9.17, 15) is 9.18 Å². The topological polar surface area (TPSA) is 46.9 Å². The number of nitrogens with zero attached hydrogens (tertiary/aromatic N) is 2. The van der Waals surface area contributed by atoms with Crippen molar-refractivity contribution in [3.05, 3.63) is 47.0 Å². The van der Waals surface area contributed by atoms with Gasteiger partial charge in [-0.05, 0) is 50.3 Å². The fraction of sp³-hybridized carbons (Fsp3) is 0.375. The highest BCUT2D eigenvalue weighted by Crippen LogP contribution is 2.18. The Bertz CT molecular complexity index is 652. The van der Waals surface area contributed by atoms with Gasteiger partial charge in [0, 0.05) is 24.2 Å². The first-order chi connectivity index (χ1) is 10.5. The Morgan fingerprint density at radius 3 is 2.59 bits per heavy atom. The van der Waals surface area contributed by atoms with E-state index in [-0.39, 0.29) is 11.7 Å². The zero-order chi connectivity index (χ0) is 16.1. The van der Waals surface area contributed by atoms with Crippen molar-refractivity contribution in [2.75, 3.05) is 12.3 Å². The number of thioether (sulfide) groups is 1. The van der Waals surface area contributed by atoms with Crippen molar-refractivity contribution in [1.82, 2.24) is 15.1 Å². The summed E-state index contributed by atoms with van der Waals surface area (Å²) < 4.78 is 14.5. The summed E-state index contributed by atoms with van der Waals surface area (Å²) in [7, 11) is 1.83. The molecule has 1 N–H and O–H groups in total. The smallest absolute Gasteiger partial charge is 0.255 e. The number of hydrogen-bond donors (Lipinski definition) is 1. The molecule has 0 atom stereocenters. The molecule has 1 heterocycles. The van der Waals surface area contributed by atoms with Crippen LogP contribution in [0.2, 0.25) is 0 Å². The van der Waals surface area contributed by atoms with E-state index in [0.29, 0.717) is 12.1 Å². The van der Waals surface area contributed by atoms with Crippen LogP contribution in [0.3, 0.4) is 0 Å². The standard InChI is InChI=1S/C16H20FN3OS/c1-11-15(12(2)20(3)19-11)16(21)18-9-4-10-22-14-7-5-13(17)6-8-14/h5-8H,4,9-10H2,1-3H3,(H,18,21). The molecule has 0 unspecified atom stereocenters. The Hall–Kier alpha value is -1.82. The Balaban J connectivity index is 1.74. The summed E-state index contributed by atoms with van der Waals surface area (Å²) in [5.41, 5.74) is 2.28. The Kier molecular flexibility index (Phi) is 5.60. The third-order valence-corrected chi connectivity index (χ3v) is 4.52. The molecule has 118 valence electrons. The van der Waals surface area contributed by atoms with Crippen molar-refractivity contribution in [1.29, 1.82) is 0 Å². The first-order valence-electron chi connectivity index (χ1n) is 7.16. The number of benzene rings is 1. The number of amides is 1. The first kappa shape index (κ1) is 16.5. The third-order valence-electron chi connectivity index (χ3n) is 3.43. The highest BCUT2D eigenvalue weighted by molar-refractivity contribution is 7.99. The van der Waals surface area contributed by atoms with Gasteiger partial charge in [0.1, 0.15) is 5.82 Å². The molecule has 0 spiro atoms. The number of aryl methyl sites for hydroxylation is 2. The molecule has 2 rings (SSSR count). The lowest BCUT2D eigenvalue weighted by atomic mass is 10.2. The average Bonchev–Trinajstić information content (AvgIpc) is 2.73. The van der Waals surface area contributed by atoms with Crippen molar-refractivity contribution in [2.45, 2.75) is 25.2 Å². The molecule has 0 radical (unpaired) electrons. The molecule has 4 nitrogen and oxygen atoms in total. The van der Waals surface area contributed by atoms with Crippen LogP contribution in [-0.4, -0.2) is 28.0 Å². The van der Waals surface area contributed by atoms with Crippen molar-refractivity contribution < 1.29 is 9.18 Å². The molecule has 0 saturated carbocycles. The van der Waals surface area contributed by atoms with Crippen molar-refractivity contribution >= 4 is 17.7 Å². The summed E-state index contributed by atoms with van der Waals surface area (Å²) in [5, 5.41) is 7.17. The molecule has 6 heteroatoms. The zero-order valence-electron chi connectivity index (χ0n) is 13.0. The molecule has 1 aromatic carbocycles. The van der Waals surface area contributed by atoms with Gasteiger partial charge in [0.25, 0.3) is 5.91 Å². The SMILES string of the molecule is Cc1nn(C)c(C)c1C(=O)NCCCSc1ccc(F)cc1. The summed E-state index contributed by atoms with van der Waals surface area (Å²) in [6.45, 7) is 4.34. The van der Waals surface area contributed by atoms with Gasteiger partial charge < -0.3 is 5.32 Å². The Morgan fingerprint density at radius 1 is 1.32 bits per heavy atom. The summed E-state index contributed by atoms with van der Waals surface area (Å²) >= 11 is 1.65. The van der Waals surface area contributed by atoms with E-state index in [1.165, 1.54) is 12.1 Å². The maximum atomic E-state index is 12.8. The quantitative estimate of drug-likeness (QED) is 0.657. The van der Waals surface area contributed by atoms with Crippen LogP contribution in [0.5, 0.6) is 0 Å². The van der Waals surface area contributed by atoms with Crippen molar-refractivity contribution in [2.24, 2.45) is 7.05 Å². The largest absolute Gasteiger partial charge is 0.352 e. The molecule has 0 bridgehead atoms. The third kappa shape index (κ3) is 4.10. The van der Waals surface area contributed by atoms with Gasteiger partial charge in [0.15, 0.2) is 0 Å². The van der Waals surface area contributed by atoms with Crippen LogP contribution in [-0.2, 0) is 7.05 Å². The normalized spacial score (nSPS) is 10.7. The minimum Gasteiger partial charge on any atom is -0.352 e. The second-order valence-electron chi connectivity index (χ2n) is 5.08. The molecule has 0 aliphatic carbocycles. The highest BCUT2D eigenvalue weighted by atomic mass is 32.2. The lowest BCUT2D eigenvalue weighted by Gasteiger charge is -2.06. The molecule has 1 aromatic heterocycles. The average molecular weight is 321 g/mol. The Labute approximate surface area is 134 Å². The summed E-state index contributed by atoms with van der Waals surface area (Å²) in [6, 6.07) is 6.44. The highest BCUT2D eigenvalue weighted by Gasteiger charge is 2.16. The Morgan fingerprint density at radius 2 is 2.00 bits per heavy atom. The number of aromatic nitrogens is 2. The van der Waals surface area contributed by atoms with Crippen LogP contribution < -0.4 is 5.32 Å². The second-order valence-corrected chi connectivity index (χ2v) is 6.25. The number of carbonyl (C=O) groups excluding carboxylic acids is 1. The number of rotatable bonds is 6. The predicted molar refractivity (Wildman–Crippen MR) is 86.8 cm³/mol. The van der Waals surface area contributed by atoms with Gasteiger partial charge in [-0.2, -0.15) is 5.10 Å². The van der Waals surface area contributed by atoms with Gasteiger partial charge in [0.05, 0.1) is 11.3 Å². The van der Waals surface area contributed by atoms with Gasteiger partial charge in [-0.15, -0.1) is 11.8 Å². The van der Waals surface area contributed by atoms with E-state index in [4.69, 9.17) is 0 Å². The maximum Gasteiger partial charge on any atom is 0.255 e. The number of halogens is 1. The van der Waals surface area contributed by atoms with E-state index < -0.39 is 0 Å². The van der Waals surface area contributed by atoms with Crippen molar-refractivity contribution in [3.63, 3.8) is 0 Å². The number of carbonyl (C=O) groups is 1. The van der Waals surface area contributed by atoms with Crippen LogP contribution in [0.4, 0.5) is 4.39 Å². The van der Waals surface area contributed by atoms with E-state index >= 15 is 0 Å². The van der Waals surface area contributed by atoms with Crippen LogP contribution in [0, 0.1) is 19.7 Å². The van der Waals surface area contributed by atoms with Gasteiger partial charge in [-0.3, -0.25) is 9.48 Å². The number of nitrogens with one attached hydrogen (secondary N) is 1. The predicted octanol–water partition coefficient (Wildman–Crippen LogP) is 3.09. The molecule has 22 heavy (non-hydrogen) atoms. The fourth-order valence-corrected chi connectivity index (χ4v) is 3.04. The van der Waals surface area contributed by atoms with E-state index in [1.54, 1.807) is 28.6 Å². The van der Waals surface area contributed by atoms with Gasteiger partial charge in [-0.25, -0.2) is 4.39 Å². The number of hydrogen-bond acceptors (Lipinski definition) is 3. The van der Waals surface area contributed by atoms with Gasteiger partial charge in [0.2, 0.25) is 0 Å². The maximum absolute atomic E-state index is 12.8. The monoisotopic (exact) mass is 321 g/mol. The van der Waals surface area contributed by atoms with E-state index in [1.807, 2.05) is 20.9 Å². The minimum atomic E-state index is -0.223. The van der Waals surface area contributed by atoms with Crippen LogP contribution in [0.1, 0.15) is 28.2 Å². The fourth-order valence-electron chi connectivity index (χ4n) is 2.19. The summed E-state index contributed by atoms with van der Waals surface area (Å²) in [4.78, 5) is 13.2. The second kappa shape index (κ2) is 7.45. The van der Waals surface area contributed by atoms with Crippen molar-refractivity contribution in [3.8, 4) is 0 Å². The first-order valence-corrected chi connectivity index (χ1v) is 8.14. The minimum absolute atomic E-state index is 0.0742. The molecule has 0 fully saturated rings. The van der Waals surface area contributed by atoms with E-state index in [0.717, 1.165) is 28.5 Å². The summed E-state index contributed by atoms with van der Waals surface area (Å²) in [5.74, 6) is 0.574. The van der Waals surface area contributed by atoms with E-state index in [2.05, 4.69) is 10.4 Å². The molecule has 0 aliphatic rings. The molecule has 1 amide bonds. The molecular formula is C16H20FN3OS. The van der Waals surface area contributed by atoms with Gasteiger partial charge >= 0.3 is 0 Å². The van der Waals surface area contributed by atoms with Crippen LogP contribution in [0.25, 0.3) is 0 Å². The summed E-state index contributed by atoms with van der Waals surface area (Å²) in [6.07, 6.45) is 0.853. The van der Waals surface area contributed by atoms with Crippen LogP contribution in [0.15, 0.2) is 29.2 Å². The van der Waals surface area contributed by atoms with Gasteiger partial charge in [-0.1, -0.05) is 0 Å². The molecular weight excluding hydrogens is 301 g/mol. The molecule has 0 aliphatic heterocycles. The molecule has 0 saturated heterocycles.